The average molecular weight is 188 g/mol. The molecule has 0 N–H and O–H groups in total. The summed E-state index contributed by atoms with van der Waals surface area (Å²) in [6.07, 6.45) is 4.08. The predicted octanol–water partition coefficient (Wildman–Crippen LogP) is 5.52. The third kappa shape index (κ3) is 33.3. The van der Waals surface area contributed by atoms with Gasteiger partial charge >= 0.3 is 0 Å². The van der Waals surface area contributed by atoms with E-state index in [-0.39, 0.29) is 0 Å². The van der Waals surface area contributed by atoms with Crippen molar-refractivity contribution >= 4 is 0 Å². The van der Waals surface area contributed by atoms with E-state index in [2.05, 4.69) is 41.5 Å². The Kier molecular flexibility index (Phi) is 25.8. The fraction of sp³-hybridized carbons (Fsp3) is 1.00. The van der Waals surface area contributed by atoms with Gasteiger partial charge in [-0.15, -0.1) is 0 Å². The summed E-state index contributed by atoms with van der Waals surface area (Å²) in [5.74, 6) is 1.70. The van der Waals surface area contributed by atoms with Gasteiger partial charge in [0.1, 0.15) is 0 Å². The van der Waals surface area contributed by atoms with Gasteiger partial charge in [0.15, 0.2) is 0 Å². The van der Waals surface area contributed by atoms with E-state index in [0.29, 0.717) is 0 Å². The first-order valence-electron chi connectivity index (χ1n) is 6.06. The zero-order valence-corrected chi connectivity index (χ0v) is 11.3. The van der Waals surface area contributed by atoms with Crippen LogP contribution in [0.2, 0.25) is 0 Å². The molecule has 0 nitrogen and oxygen atoms in total. The molecule has 0 aromatic heterocycles. The van der Waals surface area contributed by atoms with E-state index in [1.165, 1.54) is 19.3 Å². The molecule has 84 valence electrons. The molecule has 0 rings (SSSR count). The molecule has 0 heterocycles. The summed E-state index contributed by atoms with van der Waals surface area (Å²) >= 11 is 0. The Morgan fingerprint density at radius 2 is 0.923 bits per heavy atom. The largest absolute Gasteiger partial charge is 0.0683 e. The molecule has 0 aliphatic carbocycles. The predicted molar refractivity (Wildman–Crippen MR) is 66.2 cm³/mol. The molecule has 0 fully saturated rings. The van der Waals surface area contributed by atoms with Crippen LogP contribution >= 0.6 is 0 Å². The smallest absolute Gasteiger partial charge is 0.0448 e. The highest BCUT2D eigenvalue weighted by atomic mass is 14.0. The van der Waals surface area contributed by atoms with Gasteiger partial charge in [0.2, 0.25) is 0 Å². The Morgan fingerprint density at radius 1 is 0.692 bits per heavy atom. The standard InChI is InChI=1S/C6H14.C5H12.C2H6/c1-5(2)6(3)4;1-3-5-4-2;1-2/h5-6H,1-4H3;3-5H2,1-2H3;1-2H3. The van der Waals surface area contributed by atoms with Gasteiger partial charge in [0.25, 0.3) is 0 Å². The molecule has 0 unspecified atom stereocenters. The molecule has 0 saturated carbocycles. The summed E-state index contributed by atoms with van der Waals surface area (Å²) in [7, 11) is 0. The van der Waals surface area contributed by atoms with Crippen LogP contribution in [0.5, 0.6) is 0 Å². The molecule has 0 aromatic carbocycles. The van der Waals surface area contributed by atoms with Crippen molar-refractivity contribution in [1.29, 1.82) is 0 Å². The quantitative estimate of drug-likeness (QED) is 0.547. The average Bonchev–Trinajstić information content (AvgIpc) is 2.10. The summed E-state index contributed by atoms with van der Waals surface area (Å²) in [6, 6.07) is 0. The maximum atomic E-state index is 2.24. The highest BCUT2D eigenvalue weighted by Crippen LogP contribution is 2.05. The van der Waals surface area contributed by atoms with Crippen molar-refractivity contribution in [1.82, 2.24) is 0 Å². The van der Waals surface area contributed by atoms with Gasteiger partial charge in [-0.2, -0.15) is 0 Å². The lowest BCUT2D eigenvalue weighted by molar-refractivity contribution is 0.457. The highest BCUT2D eigenvalue weighted by Gasteiger charge is 1.95. The molecule has 0 saturated heterocycles. The molecule has 0 atom stereocenters. The third-order valence-electron chi connectivity index (χ3n) is 2.04. The molecule has 0 aromatic rings. The van der Waals surface area contributed by atoms with Crippen molar-refractivity contribution < 1.29 is 0 Å². The molecule has 13 heavy (non-hydrogen) atoms. The summed E-state index contributed by atoms with van der Waals surface area (Å²) in [5, 5.41) is 0. The van der Waals surface area contributed by atoms with Gasteiger partial charge in [0.05, 0.1) is 0 Å². The Bertz CT molecular complexity index is 45.1. The van der Waals surface area contributed by atoms with Crippen LogP contribution in [0.3, 0.4) is 0 Å². The molecular weight excluding hydrogens is 156 g/mol. The van der Waals surface area contributed by atoms with Crippen molar-refractivity contribution in [2.75, 3.05) is 0 Å². The van der Waals surface area contributed by atoms with Gasteiger partial charge in [-0.25, -0.2) is 0 Å². The zero-order chi connectivity index (χ0) is 11.3. The Balaban J connectivity index is -0.000000131. The second-order valence-electron chi connectivity index (χ2n) is 3.84. The molecular formula is C13H32. The summed E-state index contributed by atoms with van der Waals surface area (Å²) in [6.45, 7) is 17.4. The normalized spacial score (nSPS) is 8.77. The van der Waals surface area contributed by atoms with Crippen molar-refractivity contribution in [3.8, 4) is 0 Å². The molecule has 0 aliphatic rings. The lowest BCUT2D eigenvalue weighted by Crippen LogP contribution is -1.95. The van der Waals surface area contributed by atoms with Crippen LogP contribution in [0.25, 0.3) is 0 Å². The van der Waals surface area contributed by atoms with E-state index in [0.717, 1.165) is 11.8 Å². The molecule has 0 aliphatic heterocycles. The minimum atomic E-state index is 0.852. The first-order chi connectivity index (χ1) is 6.06. The Hall–Kier alpha value is 0. The van der Waals surface area contributed by atoms with Crippen LogP contribution in [0.15, 0.2) is 0 Å². The van der Waals surface area contributed by atoms with Gasteiger partial charge in [-0.3, -0.25) is 0 Å². The van der Waals surface area contributed by atoms with Crippen LogP contribution in [0.4, 0.5) is 0 Å². The molecule has 0 radical (unpaired) electrons. The van der Waals surface area contributed by atoms with Crippen molar-refractivity contribution in [2.45, 2.75) is 74.7 Å². The minimum absolute atomic E-state index is 0.852. The fourth-order valence-corrected chi connectivity index (χ4v) is 0.354. The molecule has 0 spiro atoms. The van der Waals surface area contributed by atoms with Gasteiger partial charge in [-0.05, 0) is 11.8 Å². The molecule has 0 bridgehead atoms. The molecule has 0 heteroatoms. The van der Waals surface area contributed by atoms with Crippen LogP contribution in [-0.2, 0) is 0 Å². The number of unbranched alkanes of at least 4 members (excludes halogenated alkanes) is 2. The van der Waals surface area contributed by atoms with E-state index in [4.69, 9.17) is 0 Å². The number of hydrogen-bond acceptors (Lipinski definition) is 0. The maximum absolute atomic E-state index is 2.24. The van der Waals surface area contributed by atoms with E-state index >= 15 is 0 Å². The first kappa shape index (κ1) is 18.7. The van der Waals surface area contributed by atoms with Gasteiger partial charge in [0, 0.05) is 0 Å². The van der Waals surface area contributed by atoms with Gasteiger partial charge < -0.3 is 0 Å². The summed E-state index contributed by atoms with van der Waals surface area (Å²) in [4.78, 5) is 0. The van der Waals surface area contributed by atoms with E-state index in [1.54, 1.807) is 0 Å². The van der Waals surface area contributed by atoms with Crippen molar-refractivity contribution in [3.05, 3.63) is 0 Å². The lowest BCUT2D eigenvalue weighted by Gasteiger charge is -2.05. The highest BCUT2D eigenvalue weighted by molar-refractivity contribution is 4.46. The summed E-state index contributed by atoms with van der Waals surface area (Å²) in [5.41, 5.74) is 0. The van der Waals surface area contributed by atoms with Crippen LogP contribution in [0, 0.1) is 11.8 Å². The number of hydrogen-bond donors (Lipinski definition) is 0. The van der Waals surface area contributed by atoms with Crippen LogP contribution < -0.4 is 0 Å². The van der Waals surface area contributed by atoms with Crippen LogP contribution in [0.1, 0.15) is 74.7 Å². The second kappa shape index (κ2) is 17.9. The monoisotopic (exact) mass is 188 g/mol. The maximum Gasteiger partial charge on any atom is -0.0448 e. The number of rotatable bonds is 3. The zero-order valence-electron chi connectivity index (χ0n) is 11.3. The topological polar surface area (TPSA) is 0 Å². The van der Waals surface area contributed by atoms with Crippen molar-refractivity contribution in [2.24, 2.45) is 11.8 Å². The lowest BCUT2D eigenvalue weighted by atomic mass is 10.0. The molecule has 0 amide bonds. The minimum Gasteiger partial charge on any atom is -0.0683 e. The van der Waals surface area contributed by atoms with Crippen molar-refractivity contribution in [3.63, 3.8) is 0 Å². The third-order valence-corrected chi connectivity index (χ3v) is 2.04. The Morgan fingerprint density at radius 3 is 0.923 bits per heavy atom. The Labute approximate surface area is 87.1 Å². The second-order valence-corrected chi connectivity index (χ2v) is 3.84. The first-order valence-corrected chi connectivity index (χ1v) is 6.06. The van der Waals surface area contributed by atoms with E-state index in [9.17, 15) is 0 Å². The SMILES string of the molecule is CC.CC(C)C(C)C.CCCCC. The summed E-state index contributed by atoms with van der Waals surface area (Å²) < 4.78 is 0. The van der Waals surface area contributed by atoms with E-state index < -0.39 is 0 Å². The van der Waals surface area contributed by atoms with Gasteiger partial charge in [-0.1, -0.05) is 74.7 Å². The van der Waals surface area contributed by atoms with Crippen LogP contribution in [-0.4, -0.2) is 0 Å². The fourth-order valence-electron chi connectivity index (χ4n) is 0.354. The van der Waals surface area contributed by atoms with E-state index in [1.807, 2.05) is 13.8 Å².